The lowest BCUT2D eigenvalue weighted by Gasteiger charge is -2.31. The van der Waals surface area contributed by atoms with E-state index in [1.807, 2.05) is 24.3 Å². The Morgan fingerprint density at radius 2 is 2.12 bits per heavy atom. The fourth-order valence-electron chi connectivity index (χ4n) is 2.28. The van der Waals surface area contributed by atoms with E-state index in [0.717, 1.165) is 37.5 Å². The topological polar surface area (TPSA) is 46.3 Å². The Kier molecular flexibility index (Phi) is 4.02. The number of primary amides is 1. The third kappa shape index (κ3) is 3.45. The normalized spacial score (nSPS) is 21.4. The van der Waals surface area contributed by atoms with Gasteiger partial charge in [-0.3, -0.25) is 9.69 Å². The molecule has 17 heavy (non-hydrogen) atoms. The first-order valence-electron chi connectivity index (χ1n) is 5.91. The maximum Gasteiger partial charge on any atom is 0.221 e. The zero-order valence-corrected chi connectivity index (χ0v) is 10.5. The second kappa shape index (κ2) is 5.52. The Labute approximate surface area is 107 Å². The predicted molar refractivity (Wildman–Crippen MR) is 68.6 cm³/mol. The molecule has 4 heteroatoms. The number of rotatable bonds is 3. The van der Waals surface area contributed by atoms with Gasteiger partial charge in [0.05, 0.1) is 5.92 Å². The molecule has 1 atom stereocenters. The SMILES string of the molecule is NC(=O)[C@@H]1CCCN(Cc2ccc(Cl)cc2)C1. The molecular weight excluding hydrogens is 236 g/mol. The predicted octanol–water partition coefficient (Wildman–Crippen LogP) is 2.04. The Hall–Kier alpha value is -1.06. The maximum absolute atomic E-state index is 11.2. The van der Waals surface area contributed by atoms with E-state index < -0.39 is 0 Å². The van der Waals surface area contributed by atoms with Crippen molar-refractivity contribution in [1.82, 2.24) is 4.90 Å². The second-order valence-corrected chi connectivity index (χ2v) is 5.04. The van der Waals surface area contributed by atoms with Crippen LogP contribution in [-0.2, 0) is 11.3 Å². The molecule has 2 N–H and O–H groups in total. The Balaban J connectivity index is 1.94. The molecule has 0 saturated carbocycles. The highest BCUT2D eigenvalue weighted by Crippen LogP contribution is 2.19. The zero-order valence-electron chi connectivity index (χ0n) is 9.73. The minimum absolute atomic E-state index is 0.0102. The summed E-state index contributed by atoms with van der Waals surface area (Å²) in [6.45, 7) is 2.67. The van der Waals surface area contributed by atoms with E-state index in [1.165, 1.54) is 5.56 Å². The van der Waals surface area contributed by atoms with Gasteiger partial charge >= 0.3 is 0 Å². The van der Waals surface area contributed by atoms with E-state index in [2.05, 4.69) is 4.90 Å². The van der Waals surface area contributed by atoms with Gasteiger partial charge in [-0.2, -0.15) is 0 Å². The molecule has 1 heterocycles. The summed E-state index contributed by atoms with van der Waals surface area (Å²) in [6, 6.07) is 7.84. The summed E-state index contributed by atoms with van der Waals surface area (Å²) < 4.78 is 0. The van der Waals surface area contributed by atoms with E-state index in [4.69, 9.17) is 17.3 Å². The van der Waals surface area contributed by atoms with Crippen LogP contribution in [-0.4, -0.2) is 23.9 Å². The van der Waals surface area contributed by atoms with E-state index >= 15 is 0 Å². The van der Waals surface area contributed by atoms with Gasteiger partial charge in [-0.25, -0.2) is 0 Å². The van der Waals surface area contributed by atoms with Crippen LogP contribution < -0.4 is 5.73 Å². The van der Waals surface area contributed by atoms with Gasteiger partial charge in [0.25, 0.3) is 0 Å². The average Bonchev–Trinajstić information content (AvgIpc) is 2.32. The molecule has 1 amide bonds. The Bertz CT molecular complexity index is 391. The van der Waals surface area contributed by atoms with Crippen molar-refractivity contribution in [3.05, 3.63) is 34.9 Å². The van der Waals surface area contributed by atoms with Crippen molar-refractivity contribution in [3.8, 4) is 0 Å². The monoisotopic (exact) mass is 252 g/mol. The lowest BCUT2D eigenvalue weighted by atomic mass is 9.97. The molecule has 1 fully saturated rings. The highest BCUT2D eigenvalue weighted by Gasteiger charge is 2.23. The first kappa shape index (κ1) is 12.4. The number of hydrogen-bond acceptors (Lipinski definition) is 2. The van der Waals surface area contributed by atoms with Crippen molar-refractivity contribution in [2.24, 2.45) is 11.7 Å². The zero-order chi connectivity index (χ0) is 12.3. The number of piperidine rings is 1. The molecule has 92 valence electrons. The van der Waals surface area contributed by atoms with Crippen molar-refractivity contribution >= 4 is 17.5 Å². The van der Waals surface area contributed by atoms with Crippen molar-refractivity contribution in [2.45, 2.75) is 19.4 Å². The minimum Gasteiger partial charge on any atom is -0.369 e. The highest BCUT2D eigenvalue weighted by molar-refractivity contribution is 6.30. The average molecular weight is 253 g/mol. The van der Waals surface area contributed by atoms with Crippen molar-refractivity contribution < 1.29 is 4.79 Å². The van der Waals surface area contributed by atoms with Crippen LogP contribution >= 0.6 is 11.6 Å². The first-order valence-corrected chi connectivity index (χ1v) is 6.29. The summed E-state index contributed by atoms with van der Waals surface area (Å²) in [5.41, 5.74) is 6.58. The third-order valence-corrected chi connectivity index (χ3v) is 3.48. The van der Waals surface area contributed by atoms with E-state index in [-0.39, 0.29) is 11.8 Å². The lowest BCUT2D eigenvalue weighted by molar-refractivity contribution is -0.123. The molecule has 1 saturated heterocycles. The fraction of sp³-hybridized carbons (Fsp3) is 0.462. The van der Waals surface area contributed by atoms with Crippen molar-refractivity contribution in [2.75, 3.05) is 13.1 Å². The molecular formula is C13H17ClN2O. The molecule has 0 aliphatic carbocycles. The van der Waals surface area contributed by atoms with Crippen LogP contribution in [0.25, 0.3) is 0 Å². The van der Waals surface area contributed by atoms with Crippen molar-refractivity contribution in [1.29, 1.82) is 0 Å². The summed E-state index contributed by atoms with van der Waals surface area (Å²) in [5, 5.41) is 0.752. The number of nitrogens with zero attached hydrogens (tertiary/aromatic N) is 1. The van der Waals surface area contributed by atoms with Crippen LogP contribution in [0.1, 0.15) is 18.4 Å². The largest absolute Gasteiger partial charge is 0.369 e. The summed E-state index contributed by atoms with van der Waals surface area (Å²) in [5.74, 6) is -0.165. The summed E-state index contributed by atoms with van der Waals surface area (Å²) >= 11 is 5.84. The molecule has 1 aromatic rings. The number of nitrogens with two attached hydrogens (primary N) is 1. The standard InChI is InChI=1S/C13H17ClN2O/c14-12-5-3-10(4-6-12)8-16-7-1-2-11(9-16)13(15)17/h3-6,11H,1-2,7-9H2,(H2,15,17)/t11-/m1/s1. The quantitative estimate of drug-likeness (QED) is 0.895. The molecule has 3 nitrogen and oxygen atoms in total. The molecule has 0 spiro atoms. The van der Waals surface area contributed by atoms with Gasteiger partial charge in [-0.15, -0.1) is 0 Å². The molecule has 1 aliphatic rings. The van der Waals surface area contributed by atoms with E-state index in [9.17, 15) is 4.79 Å². The number of halogens is 1. The van der Waals surface area contributed by atoms with E-state index in [1.54, 1.807) is 0 Å². The Morgan fingerprint density at radius 3 is 2.76 bits per heavy atom. The fourth-order valence-corrected chi connectivity index (χ4v) is 2.41. The molecule has 1 aromatic carbocycles. The summed E-state index contributed by atoms with van der Waals surface area (Å²) in [4.78, 5) is 13.5. The van der Waals surface area contributed by atoms with Gasteiger partial charge in [-0.05, 0) is 37.1 Å². The van der Waals surface area contributed by atoms with Crippen LogP contribution in [0, 0.1) is 5.92 Å². The van der Waals surface area contributed by atoms with Crippen LogP contribution in [0.15, 0.2) is 24.3 Å². The third-order valence-electron chi connectivity index (χ3n) is 3.23. The van der Waals surface area contributed by atoms with Gasteiger partial charge in [0, 0.05) is 18.1 Å². The van der Waals surface area contributed by atoms with Gasteiger partial charge in [0.2, 0.25) is 5.91 Å². The maximum atomic E-state index is 11.2. The number of hydrogen-bond donors (Lipinski definition) is 1. The molecule has 2 rings (SSSR count). The lowest BCUT2D eigenvalue weighted by Crippen LogP contribution is -2.40. The first-order chi connectivity index (χ1) is 8.15. The minimum atomic E-state index is -0.175. The highest BCUT2D eigenvalue weighted by atomic mass is 35.5. The second-order valence-electron chi connectivity index (χ2n) is 4.60. The van der Waals surface area contributed by atoms with E-state index in [0.29, 0.717) is 0 Å². The number of benzene rings is 1. The van der Waals surface area contributed by atoms with Gasteiger partial charge < -0.3 is 5.73 Å². The number of carbonyl (C=O) groups excluding carboxylic acids is 1. The number of amides is 1. The molecule has 0 radical (unpaired) electrons. The van der Waals surface area contributed by atoms with Crippen LogP contribution in [0.5, 0.6) is 0 Å². The molecule has 1 aliphatic heterocycles. The summed E-state index contributed by atoms with van der Waals surface area (Å²) in [6.07, 6.45) is 1.97. The molecule has 0 unspecified atom stereocenters. The molecule has 0 bridgehead atoms. The molecule has 0 aromatic heterocycles. The van der Waals surface area contributed by atoms with Gasteiger partial charge in [0.15, 0.2) is 0 Å². The van der Waals surface area contributed by atoms with Crippen molar-refractivity contribution in [3.63, 3.8) is 0 Å². The number of carbonyl (C=O) groups is 1. The number of likely N-dealkylation sites (tertiary alicyclic amines) is 1. The smallest absolute Gasteiger partial charge is 0.221 e. The van der Waals surface area contributed by atoms with Crippen LogP contribution in [0.3, 0.4) is 0 Å². The Morgan fingerprint density at radius 1 is 1.41 bits per heavy atom. The van der Waals surface area contributed by atoms with Gasteiger partial charge in [-0.1, -0.05) is 23.7 Å². The van der Waals surface area contributed by atoms with Crippen LogP contribution in [0.2, 0.25) is 5.02 Å². The summed E-state index contributed by atoms with van der Waals surface area (Å²) in [7, 11) is 0. The van der Waals surface area contributed by atoms with Crippen LogP contribution in [0.4, 0.5) is 0 Å². The van der Waals surface area contributed by atoms with Gasteiger partial charge in [0.1, 0.15) is 0 Å².